The summed E-state index contributed by atoms with van der Waals surface area (Å²) in [5, 5.41) is 3.50. The predicted molar refractivity (Wildman–Crippen MR) is 83.7 cm³/mol. The number of anilines is 1. The van der Waals surface area contributed by atoms with E-state index in [4.69, 9.17) is 13.3 Å². The summed E-state index contributed by atoms with van der Waals surface area (Å²) in [5.74, 6) is 0. The minimum absolute atomic E-state index is 0.199. The van der Waals surface area contributed by atoms with Crippen LogP contribution in [-0.2, 0) is 13.3 Å². The lowest BCUT2D eigenvalue weighted by atomic mass is 10.3. The number of para-hydroxylation sites is 1. The average Bonchev–Trinajstić information content (AvgIpc) is 2.48. The van der Waals surface area contributed by atoms with Crippen molar-refractivity contribution in [2.75, 3.05) is 40.7 Å². The van der Waals surface area contributed by atoms with Crippen LogP contribution >= 0.6 is 0 Å². The lowest BCUT2D eigenvalue weighted by Crippen LogP contribution is -2.45. The first-order chi connectivity index (χ1) is 9.56. The van der Waals surface area contributed by atoms with Crippen molar-refractivity contribution in [3.63, 3.8) is 0 Å². The zero-order valence-electron chi connectivity index (χ0n) is 13.1. The van der Waals surface area contributed by atoms with E-state index in [2.05, 4.69) is 36.4 Å². The largest absolute Gasteiger partial charge is 0.500 e. The molecule has 1 rings (SSSR count). The topological polar surface area (TPSA) is 43.0 Å². The molecule has 114 valence electrons. The fraction of sp³-hybridized carbons (Fsp3) is 0.571. The van der Waals surface area contributed by atoms with Crippen molar-refractivity contribution < 1.29 is 13.3 Å². The van der Waals surface area contributed by atoms with E-state index in [9.17, 15) is 0 Å². The van der Waals surface area contributed by atoms with Gasteiger partial charge in [-0.25, -0.2) is 0 Å². The molecule has 1 aromatic rings. The minimum atomic E-state index is -2.51. The van der Waals surface area contributed by atoms with E-state index >= 15 is 0 Å². The second-order valence-corrected chi connectivity index (χ2v) is 7.91. The molecule has 20 heavy (non-hydrogen) atoms. The highest BCUT2D eigenvalue weighted by Gasteiger charge is 2.38. The Bertz CT molecular complexity index is 364. The van der Waals surface area contributed by atoms with Crippen molar-refractivity contribution >= 4 is 14.5 Å². The first-order valence-electron chi connectivity index (χ1n) is 6.70. The Kier molecular flexibility index (Phi) is 7.18. The van der Waals surface area contributed by atoms with Gasteiger partial charge >= 0.3 is 8.80 Å². The molecule has 0 aliphatic heterocycles. The van der Waals surface area contributed by atoms with Crippen molar-refractivity contribution in [2.24, 2.45) is 0 Å². The number of nitrogens with zero attached hydrogens (tertiary/aromatic N) is 1. The number of benzene rings is 1. The molecule has 0 amide bonds. The Morgan fingerprint density at radius 1 is 1.05 bits per heavy atom. The third-order valence-corrected chi connectivity index (χ3v) is 6.15. The molecule has 0 saturated carbocycles. The molecule has 0 saturated heterocycles. The Balaban J connectivity index is 2.64. The summed E-state index contributed by atoms with van der Waals surface area (Å²) in [4.78, 5) is 2.15. The van der Waals surface area contributed by atoms with E-state index in [1.807, 2.05) is 18.2 Å². The average molecular weight is 298 g/mol. The fourth-order valence-electron chi connectivity index (χ4n) is 2.06. The van der Waals surface area contributed by atoms with Gasteiger partial charge in [0.2, 0.25) is 0 Å². The summed E-state index contributed by atoms with van der Waals surface area (Å²) in [7, 11) is 6.54. The molecular formula is C14H26N2O3Si. The van der Waals surface area contributed by atoms with Crippen LogP contribution < -0.4 is 5.32 Å². The van der Waals surface area contributed by atoms with Gasteiger partial charge in [0.25, 0.3) is 0 Å². The molecule has 0 aliphatic carbocycles. The van der Waals surface area contributed by atoms with Crippen molar-refractivity contribution in [1.29, 1.82) is 0 Å². The molecule has 0 aliphatic rings. The number of rotatable bonds is 9. The maximum absolute atomic E-state index is 5.46. The molecule has 1 N–H and O–H groups in total. The zero-order valence-corrected chi connectivity index (χ0v) is 14.1. The molecule has 0 bridgehead atoms. The number of nitrogens with one attached hydrogen (secondary N) is 1. The van der Waals surface area contributed by atoms with Gasteiger partial charge in [-0.2, -0.15) is 0 Å². The third-order valence-electron chi connectivity index (χ3n) is 3.39. The molecule has 0 heterocycles. The maximum Gasteiger partial charge on any atom is 0.500 e. The summed E-state index contributed by atoms with van der Waals surface area (Å²) >= 11 is 0. The maximum atomic E-state index is 5.46. The van der Waals surface area contributed by atoms with Crippen LogP contribution in [0.1, 0.15) is 6.42 Å². The second-order valence-electron chi connectivity index (χ2n) is 4.82. The van der Waals surface area contributed by atoms with Crippen LogP contribution in [0.4, 0.5) is 5.69 Å². The van der Waals surface area contributed by atoms with Crippen molar-refractivity contribution in [3.8, 4) is 0 Å². The fourth-order valence-corrected chi connectivity index (χ4v) is 3.80. The van der Waals surface area contributed by atoms with Crippen molar-refractivity contribution in [2.45, 2.75) is 18.6 Å². The van der Waals surface area contributed by atoms with E-state index in [0.29, 0.717) is 0 Å². The standard InChI is InChI=1S/C14H26N2O3Si/c1-16(2)14(15-13-9-7-6-8-10-13)11-12-20(17-3,18-4)19-5/h6-10,14-15H,11-12H2,1-5H3. The molecular weight excluding hydrogens is 272 g/mol. The van der Waals surface area contributed by atoms with Gasteiger partial charge in [0.1, 0.15) is 0 Å². The van der Waals surface area contributed by atoms with E-state index < -0.39 is 8.80 Å². The van der Waals surface area contributed by atoms with Crippen LogP contribution in [0.15, 0.2) is 30.3 Å². The van der Waals surface area contributed by atoms with Gasteiger partial charge in [0, 0.05) is 33.1 Å². The molecule has 0 aromatic heterocycles. The van der Waals surface area contributed by atoms with Gasteiger partial charge in [-0.3, -0.25) is 4.90 Å². The number of hydrogen-bond donors (Lipinski definition) is 1. The predicted octanol–water partition coefficient (Wildman–Crippen LogP) is 2.25. The SMILES string of the molecule is CO[Si](CCC(Nc1ccccc1)N(C)C)(OC)OC. The summed E-state index contributed by atoms with van der Waals surface area (Å²) in [6.07, 6.45) is 1.08. The molecule has 0 spiro atoms. The lowest BCUT2D eigenvalue weighted by molar-refractivity contribution is 0.120. The van der Waals surface area contributed by atoms with Gasteiger partial charge in [-0.15, -0.1) is 0 Å². The summed E-state index contributed by atoms with van der Waals surface area (Å²) < 4.78 is 16.4. The normalized spacial score (nSPS) is 13.5. The van der Waals surface area contributed by atoms with Gasteiger partial charge in [-0.1, -0.05) is 18.2 Å². The summed E-state index contributed by atoms with van der Waals surface area (Å²) in [5.41, 5.74) is 1.10. The van der Waals surface area contributed by atoms with Crippen LogP contribution in [0.25, 0.3) is 0 Å². The lowest BCUT2D eigenvalue weighted by Gasteiger charge is -2.30. The minimum Gasteiger partial charge on any atom is -0.377 e. The second kappa shape index (κ2) is 8.38. The first kappa shape index (κ1) is 17.1. The Hall–Kier alpha value is -0.923. The quantitative estimate of drug-likeness (QED) is 0.559. The molecule has 6 heteroatoms. The zero-order chi connectivity index (χ0) is 15.0. The van der Waals surface area contributed by atoms with Gasteiger partial charge in [-0.05, 0) is 32.6 Å². The molecule has 1 aromatic carbocycles. The Labute approximate surface area is 123 Å². The molecule has 1 unspecified atom stereocenters. The first-order valence-corrected chi connectivity index (χ1v) is 8.63. The van der Waals surface area contributed by atoms with E-state index in [-0.39, 0.29) is 6.17 Å². The third kappa shape index (κ3) is 4.88. The van der Waals surface area contributed by atoms with E-state index in [1.54, 1.807) is 21.3 Å². The molecule has 1 atom stereocenters. The summed E-state index contributed by atoms with van der Waals surface area (Å²) in [6, 6.07) is 10.9. The van der Waals surface area contributed by atoms with Crippen LogP contribution in [0.3, 0.4) is 0 Å². The Morgan fingerprint density at radius 2 is 1.60 bits per heavy atom. The van der Waals surface area contributed by atoms with Crippen LogP contribution in [0.2, 0.25) is 6.04 Å². The van der Waals surface area contributed by atoms with Gasteiger partial charge < -0.3 is 18.6 Å². The highest BCUT2D eigenvalue weighted by molar-refractivity contribution is 6.60. The van der Waals surface area contributed by atoms with Crippen LogP contribution in [0.5, 0.6) is 0 Å². The Morgan fingerprint density at radius 3 is 2.05 bits per heavy atom. The molecule has 0 fully saturated rings. The van der Waals surface area contributed by atoms with Gasteiger partial charge in [0.15, 0.2) is 0 Å². The van der Waals surface area contributed by atoms with E-state index in [1.165, 1.54) is 0 Å². The highest BCUT2D eigenvalue weighted by Crippen LogP contribution is 2.19. The monoisotopic (exact) mass is 298 g/mol. The highest BCUT2D eigenvalue weighted by atomic mass is 28.4. The smallest absolute Gasteiger partial charge is 0.377 e. The molecule has 5 nitrogen and oxygen atoms in total. The van der Waals surface area contributed by atoms with Crippen LogP contribution in [0, 0.1) is 0 Å². The number of hydrogen-bond acceptors (Lipinski definition) is 5. The van der Waals surface area contributed by atoms with Crippen molar-refractivity contribution in [1.82, 2.24) is 4.90 Å². The molecule has 0 radical (unpaired) electrons. The van der Waals surface area contributed by atoms with Crippen LogP contribution in [-0.4, -0.2) is 55.3 Å². The van der Waals surface area contributed by atoms with Crippen molar-refractivity contribution in [3.05, 3.63) is 30.3 Å². The van der Waals surface area contributed by atoms with Gasteiger partial charge in [0.05, 0.1) is 6.17 Å². The van der Waals surface area contributed by atoms with E-state index in [0.717, 1.165) is 18.2 Å². The summed E-state index contributed by atoms with van der Waals surface area (Å²) in [6.45, 7) is 0.